The third kappa shape index (κ3) is 1.34. The lowest BCUT2D eigenvalue weighted by molar-refractivity contribution is 0.652. The van der Waals surface area contributed by atoms with E-state index in [4.69, 9.17) is 11.6 Å². The molecule has 64 valence electrons. The van der Waals surface area contributed by atoms with Gasteiger partial charge in [0, 0.05) is 24.4 Å². The van der Waals surface area contributed by atoms with Crippen molar-refractivity contribution in [2.45, 2.75) is 18.9 Å². The quantitative estimate of drug-likeness (QED) is 0.436. The highest BCUT2D eigenvalue weighted by Gasteiger charge is 2.23. The first-order valence-electron chi connectivity index (χ1n) is 4.36. The van der Waals surface area contributed by atoms with Crippen LogP contribution in [0.15, 0.2) is 28.8 Å². The van der Waals surface area contributed by atoms with Gasteiger partial charge in [0.25, 0.3) is 0 Å². The third-order valence-electron chi connectivity index (χ3n) is 2.45. The van der Waals surface area contributed by atoms with Crippen molar-refractivity contribution in [1.82, 2.24) is 0 Å². The molecular weight excluding hydrogens is 170 g/mol. The molecule has 1 heterocycles. The standard InChI is InChI=1S/C10H12ClN/c11-7-8-3-1-5-10-9(8)4-2-6-12-10/h1,3-4,6,8,10H,2,5,7H2. The maximum atomic E-state index is 5.86. The summed E-state index contributed by atoms with van der Waals surface area (Å²) < 4.78 is 0. The molecule has 2 heteroatoms. The Kier molecular flexibility index (Phi) is 2.31. The van der Waals surface area contributed by atoms with E-state index in [-0.39, 0.29) is 0 Å². The van der Waals surface area contributed by atoms with Crippen LogP contribution in [0, 0.1) is 5.92 Å². The smallest absolute Gasteiger partial charge is 0.0745 e. The first-order valence-corrected chi connectivity index (χ1v) is 4.89. The van der Waals surface area contributed by atoms with Crippen LogP contribution >= 0.6 is 11.6 Å². The number of alkyl halides is 1. The first kappa shape index (κ1) is 8.06. The average Bonchev–Trinajstić information content (AvgIpc) is 2.17. The minimum atomic E-state index is 0.396. The number of dihydropyridines is 1. The molecule has 1 nitrogen and oxygen atoms in total. The number of rotatable bonds is 1. The average molecular weight is 182 g/mol. The second-order valence-corrected chi connectivity index (χ2v) is 3.52. The van der Waals surface area contributed by atoms with E-state index in [1.807, 2.05) is 6.21 Å². The molecule has 0 bridgehead atoms. The molecule has 0 aromatic carbocycles. The molecule has 1 aliphatic carbocycles. The molecule has 2 aliphatic rings. The molecule has 0 spiro atoms. The Hall–Kier alpha value is -0.560. The summed E-state index contributed by atoms with van der Waals surface area (Å²) in [5.41, 5.74) is 1.43. The van der Waals surface area contributed by atoms with Crippen LogP contribution in [0.3, 0.4) is 0 Å². The van der Waals surface area contributed by atoms with Crippen molar-refractivity contribution in [3.63, 3.8) is 0 Å². The van der Waals surface area contributed by atoms with Gasteiger partial charge in [0.15, 0.2) is 0 Å². The molecule has 0 aromatic rings. The van der Waals surface area contributed by atoms with E-state index < -0.39 is 0 Å². The Labute approximate surface area is 77.8 Å². The van der Waals surface area contributed by atoms with E-state index in [2.05, 4.69) is 23.2 Å². The van der Waals surface area contributed by atoms with Gasteiger partial charge in [0.1, 0.15) is 0 Å². The molecule has 0 amide bonds. The molecule has 0 radical (unpaired) electrons. The van der Waals surface area contributed by atoms with Gasteiger partial charge in [-0.2, -0.15) is 0 Å². The van der Waals surface area contributed by atoms with Gasteiger partial charge in [-0.15, -0.1) is 11.6 Å². The molecule has 0 fully saturated rings. The largest absolute Gasteiger partial charge is 0.289 e. The van der Waals surface area contributed by atoms with E-state index in [1.54, 1.807) is 0 Å². The topological polar surface area (TPSA) is 12.4 Å². The lowest BCUT2D eigenvalue weighted by atomic mass is 9.85. The van der Waals surface area contributed by atoms with Crippen LogP contribution in [0.4, 0.5) is 0 Å². The van der Waals surface area contributed by atoms with Gasteiger partial charge in [-0.3, -0.25) is 4.99 Å². The molecule has 2 rings (SSSR count). The number of halogens is 1. The van der Waals surface area contributed by atoms with E-state index >= 15 is 0 Å². The highest BCUT2D eigenvalue weighted by Crippen LogP contribution is 2.29. The van der Waals surface area contributed by atoms with Gasteiger partial charge in [-0.25, -0.2) is 0 Å². The Morgan fingerprint density at radius 2 is 2.50 bits per heavy atom. The normalized spacial score (nSPS) is 32.9. The number of fused-ring (bicyclic) bond motifs is 1. The van der Waals surface area contributed by atoms with Crippen LogP contribution in [0.5, 0.6) is 0 Å². The lowest BCUT2D eigenvalue weighted by Gasteiger charge is -2.26. The van der Waals surface area contributed by atoms with E-state index in [0.717, 1.165) is 12.8 Å². The molecule has 2 unspecified atom stereocenters. The van der Waals surface area contributed by atoms with Gasteiger partial charge in [-0.1, -0.05) is 18.2 Å². The van der Waals surface area contributed by atoms with Gasteiger partial charge in [0.05, 0.1) is 6.04 Å². The Balaban J connectivity index is 2.24. The summed E-state index contributed by atoms with van der Waals surface area (Å²) in [6, 6.07) is 0.396. The molecule has 0 aromatic heterocycles. The molecule has 2 atom stereocenters. The molecule has 0 N–H and O–H groups in total. The molecule has 0 saturated heterocycles. The fraction of sp³-hybridized carbons (Fsp3) is 0.500. The first-order chi connectivity index (χ1) is 5.92. The van der Waals surface area contributed by atoms with Crippen molar-refractivity contribution in [3.05, 3.63) is 23.8 Å². The zero-order valence-corrected chi connectivity index (χ0v) is 7.67. The summed E-state index contributed by atoms with van der Waals surface area (Å²) >= 11 is 5.86. The van der Waals surface area contributed by atoms with Crippen LogP contribution in [0.25, 0.3) is 0 Å². The van der Waals surface area contributed by atoms with Gasteiger partial charge >= 0.3 is 0 Å². The molecule has 1 aliphatic heterocycles. The van der Waals surface area contributed by atoms with Gasteiger partial charge in [-0.05, 0) is 12.0 Å². The van der Waals surface area contributed by atoms with Crippen molar-refractivity contribution in [3.8, 4) is 0 Å². The minimum Gasteiger partial charge on any atom is -0.289 e. The van der Waals surface area contributed by atoms with E-state index in [1.165, 1.54) is 5.57 Å². The van der Waals surface area contributed by atoms with Crippen molar-refractivity contribution in [2.75, 3.05) is 5.88 Å². The third-order valence-corrected chi connectivity index (χ3v) is 2.78. The van der Waals surface area contributed by atoms with Crippen LogP contribution in [-0.4, -0.2) is 18.1 Å². The number of nitrogens with zero attached hydrogens (tertiary/aromatic N) is 1. The second kappa shape index (κ2) is 3.44. The fourth-order valence-corrected chi connectivity index (χ4v) is 2.10. The van der Waals surface area contributed by atoms with Crippen LogP contribution in [-0.2, 0) is 0 Å². The molecular formula is C10H12ClN. The predicted molar refractivity (Wildman–Crippen MR) is 52.9 cm³/mol. The van der Waals surface area contributed by atoms with Crippen LogP contribution in [0.2, 0.25) is 0 Å². The van der Waals surface area contributed by atoms with Crippen LogP contribution < -0.4 is 0 Å². The van der Waals surface area contributed by atoms with E-state index in [0.29, 0.717) is 17.8 Å². The van der Waals surface area contributed by atoms with Crippen LogP contribution in [0.1, 0.15) is 12.8 Å². The SMILES string of the molecule is ClCC1C=CCC2N=CCC=C12. The number of hydrogen-bond donors (Lipinski definition) is 0. The second-order valence-electron chi connectivity index (χ2n) is 3.21. The molecule has 12 heavy (non-hydrogen) atoms. The highest BCUT2D eigenvalue weighted by molar-refractivity contribution is 6.18. The zero-order valence-electron chi connectivity index (χ0n) is 6.91. The van der Waals surface area contributed by atoms with Crippen molar-refractivity contribution >= 4 is 17.8 Å². The summed E-state index contributed by atoms with van der Waals surface area (Å²) in [7, 11) is 0. The number of hydrogen-bond acceptors (Lipinski definition) is 1. The van der Waals surface area contributed by atoms with Crippen molar-refractivity contribution < 1.29 is 0 Å². The maximum Gasteiger partial charge on any atom is 0.0745 e. The summed E-state index contributed by atoms with van der Waals surface area (Å²) in [5.74, 6) is 1.12. The van der Waals surface area contributed by atoms with Crippen molar-refractivity contribution in [2.24, 2.45) is 10.9 Å². The predicted octanol–water partition coefficient (Wildman–Crippen LogP) is 2.57. The minimum absolute atomic E-state index is 0.396. The maximum absolute atomic E-state index is 5.86. The number of aliphatic imine (C=N–C) groups is 1. The Morgan fingerprint density at radius 3 is 3.33 bits per heavy atom. The van der Waals surface area contributed by atoms with Gasteiger partial charge in [0.2, 0.25) is 0 Å². The van der Waals surface area contributed by atoms with Gasteiger partial charge < -0.3 is 0 Å². The summed E-state index contributed by atoms with van der Waals surface area (Å²) in [4.78, 5) is 4.45. The lowest BCUT2D eigenvalue weighted by Crippen LogP contribution is -2.22. The summed E-state index contributed by atoms with van der Waals surface area (Å²) in [6.07, 6.45) is 10.7. The fourth-order valence-electron chi connectivity index (χ4n) is 1.82. The Morgan fingerprint density at radius 1 is 1.58 bits per heavy atom. The van der Waals surface area contributed by atoms with E-state index in [9.17, 15) is 0 Å². The molecule has 0 saturated carbocycles. The number of allylic oxidation sites excluding steroid dienone is 2. The summed E-state index contributed by atoms with van der Waals surface area (Å²) in [6.45, 7) is 0. The monoisotopic (exact) mass is 181 g/mol. The Bertz CT molecular complexity index is 253. The highest BCUT2D eigenvalue weighted by atomic mass is 35.5. The van der Waals surface area contributed by atoms with Crippen molar-refractivity contribution in [1.29, 1.82) is 0 Å². The zero-order chi connectivity index (χ0) is 8.39. The summed E-state index contributed by atoms with van der Waals surface area (Å²) in [5, 5.41) is 0.